The molecule has 7 nitrogen and oxygen atoms in total. The number of amidine groups is 1. The van der Waals surface area contributed by atoms with Gasteiger partial charge in [-0.25, -0.2) is 9.98 Å². The first-order valence-corrected chi connectivity index (χ1v) is 10.0. The van der Waals surface area contributed by atoms with Crippen LogP contribution in [0.1, 0.15) is 42.2 Å². The van der Waals surface area contributed by atoms with Crippen molar-refractivity contribution in [3.63, 3.8) is 0 Å². The van der Waals surface area contributed by atoms with Crippen LogP contribution in [0.25, 0.3) is 0 Å². The van der Waals surface area contributed by atoms with E-state index in [9.17, 15) is 4.79 Å². The zero-order chi connectivity index (χ0) is 20.2. The van der Waals surface area contributed by atoms with E-state index in [0.29, 0.717) is 17.3 Å². The van der Waals surface area contributed by atoms with Crippen molar-refractivity contribution in [2.24, 2.45) is 16.6 Å². The lowest BCUT2D eigenvalue weighted by atomic mass is 9.70. The number of hydrogen-bond donors (Lipinski definition) is 2. The van der Waals surface area contributed by atoms with E-state index < -0.39 is 5.54 Å². The van der Waals surface area contributed by atoms with E-state index in [1.54, 1.807) is 12.1 Å². The molecule has 1 saturated carbocycles. The van der Waals surface area contributed by atoms with Crippen molar-refractivity contribution in [3.8, 4) is 5.75 Å². The third-order valence-electron chi connectivity index (χ3n) is 6.24. The molecule has 150 valence electrons. The Kier molecular flexibility index (Phi) is 4.00. The summed E-state index contributed by atoms with van der Waals surface area (Å²) in [5.74, 6) is 0.603. The van der Waals surface area contributed by atoms with Gasteiger partial charge >= 0.3 is 0 Å². The average Bonchev–Trinajstić information content (AvgIpc) is 3.27. The van der Waals surface area contributed by atoms with E-state index >= 15 is 0 Å². The Balaban J connectivity index is 1.53. The Morgan fingerprint density at radius 3 is 2.93 bits per heavy atom. The number of carbonyl (C=O) groups is 1. The van der Waals surface area contributed by atoms with Gasteiger partial charge in [-0.05, 0) is 56.5 Å². The van der Waals surface area contributed by atoms with Gasteiger partial charge in [0, 0.05) is 23.4 Å². The molecule has 1 aliphatic carbocycles. The van der Waals surface area contributed by atoms with Gasteiger partial charge in [0.15, 0.2) is 0 Å². The number of ether oxygens (including phenoxy) is 2. The minimum Gasteiger partial charge on any atom is -0.487 e. The standard InChI is InChI=1S/C21H21ClN4O3/c1-20-8-2-3-17(20)21(11-28-19(23)26-21)14-9-13(5-7-16(14)29-20)25-18(27)15-6-4-12(22)10-24-15/h4-7,9-10,17H,2-3,8,11H2,1H3,(H2,23,26)(H,25,27). The lowest BCUT2D eigenvalue weighted by molar-refractivity contribution is -0.0210. The molecule has 5 rings (SSSR count). The monoisotopic (exact) mass is 412 g/mol. The highest BCUT2D eigenvalue weighted by Gasteiger charge is 2.60. The molecule has 29 heavy (non-hydrogen) atoms. The Morgan fingerprint density at radius 1 is 1.34 bits per heavy atom. The summed E-state index contributed by atoms with van der Waals surface area (Å²) in [6.07, 6.45) is 4.47. The van der Waals surface area contributed by atoms with Crippen LogP contribution in [0.2, 0.25) is 5.02 Å². The lowest BCUT2D eigenvalue weighted by Gasteiger charge is -2.46. The number of aliphatic imine (C=N–C) groups is 1. The van der Waals surface area contributed by atoms with E-state index in [2.05, 4.69) is 17.2 Å². The van der Waals surface area contributed by atoms with Gasteiger partial charge in [0.05, 0.1) is 5.02 Å². The SMILES string of the molecule is CC12CCCC1C1(COC(N)=N1)c1cc(NC(=O)c3ccc(Cl)cn3)ccc1O2. The van der Waals surface area contributed by atoms with Gasteiger partial charge in [-0.2, -0.15) is 0 Å². The van der Waals surface area contributed by atoms with Crippen LogP contribution in [0.4, 0.5) is 5.69 Å². The number of aromatic nitrogens is 1. The van der Waals surface area contributed by atoms with Crippen molar-refractivity contribution in [3.05, 3.63) is 52.8 Å². The summed E-state index contributed by atoms with van der Waals surface area (Å²) in [7, 11) is 0. The van der Waals surface area contributed by atoms with Crippen LogP contribution in [-0.2, 0) is 10.3 Å². The molecule has 3 heterocycles. The molecule has 3 N–H and O–H groups in total. The first-order chi connectivity index (χ1) is 13.9. The topological polar surface area (TPSA) is 98.8 Å². The first-order valence-electron chi connectivity index (χ1n) is 9.64. The number of rotatable bonds is 2. The van der Waals surface area contributed by atoms with Gasteiger partial charge in [0.25, 0.3) is 11.9 Å². The van der Waals surface area contributed by atoms with Gasteiger partial charge in [0.1, 0.15) is 29.2 Å². The molecule has 8 heteroatoms. The van der Waals surface area contributed by atoms with Crippen molar-refractivity contribution in [2.75, 3.05) is 11.9 Å². The van der Waals surface area contributed by atoms with Crippen molar-refractivity contribution in [2.45, 2.75) is 37.3 Å². The Morgan fingerprint density at radius 2 is 2.21 bits per heavy atom. The molecule has 1 spiro atoms. The summed E-state index contributed by atoms with van der Waals surface area (Å²) in [6, 6.07) is 9.03. The second-order valence-corrected chi connectivity index (χ2v) is 8.49. The normalized spacial score (nSPS) is 29.4. The van der Waals surface area contributed by atoms with Crippen LogP contribution >= 0.6 is 11.6 Å². The fourth-order valence-electron chi connectivity index (χ4n) is 4.94. The van der Waals surface area contributed by atoms with Gasteiger partial charge in [0.2, 0.25) is 0 Å². The maximum absolute atomic E-state index is 12.6. The molecule has 0 saturated heterocycles. The van der Waals surface area contributed by atoms with Crippen molar-refractivity contribution in [1.82, 2.24) is 4.98 Å². The molecule has 2 aliphatic heterocycles. The molecule has 1 fully saturated rings. The van der Waals surface area contributed by atoms with Gasteiger partial charge in [-0.3, -0.25) is 4.79 Å². The number of fused-ring (bicyclic) bond motifs is 4. The highest BCUT2D eigenvalue weighted by atomic mass is 35.5. The van der Waals surface area contributed by atoms with Crippen LogP contribution < -0.4 is 15.8 Å². The second kappa shape index (κ2) is 6.35. The molecule has 1 aromatic heterocycles. The van der Waals surface area contributed by atoms with E-state index in [4.69, 9.17) is 31.8 Å². The van der Waals surface area contributed by atoms with Crippen LogP contribution in [0.15, 0.2) is 41.5 Å². The zero-order valence-electron chi connectivity index (χ0n) is 15.9. The first kappa shape index (κ1) is 18.2. The van der Waals surface area contributed by atoms with E-state index in [-0.39, 0.29) is 29.1 Å². The Labute approximate surface area is 173 Å². The number of nitrogens with zero attached hydrogens (tertiary/aromatic N) is 2. The number of carbonyl (C=O) groups excluding carboxylic acids is 1. The van der Waals surface area contributed by atoms with Crippen LogP contribution in [-0.4, -0.2) is 29.1 Å². The maximum Gasteiger partial charge on any atom is 0.283 e. The molecule has 1 amide bonds. The summed E-state index contributed by atoms with van der Waals surface area (Å²) in [5.41, 5.74) is 6.84. The highest BCUT2D eigenvalue weighted by molar-refractivity contribution is 6.30. The summed E-state index contributed by atoms with van der Waals surface area (Å²) in [5, 5.41) is 3.37. The molecule has 3 unspecified atom stereocenters. The predicted molar refractivity (Wildman–Crippen MR) is 109 cm³/mol. The second-order valence-electron chi connectivity index (χ2n) is 8.05. The molecular weight excluding hydrogens is 392 g/mol. The summed E-state index contributed by atoms with van der Waals surface area (Å²) in [4.78, 5) is 21.4. The number of amides is 1. The van der Waals surface area contributed by atoms with Crippen molar-refractivity contribution < 1.29 is 14.3 Å². The van der Waals surface area contributed by atoms with Crippen LogP contribution in [0, 0.1) is 5.92 Å². The van der Waals surface area contributed by atoms with Crippen LogP contribution in [0.3, 0.4) is 0 Å². The highest BCUT2D eigenvalue weighted by Crippen LogP contribution is 2.57. The number of pyridine rings is 1. The fourth-order valence-corrected chi connectivity index (χ4v) is 5.06. The molecule has 3 atom stereocenters. The van der Waals surface area contributed by atoms with Gasteiger partial charge in [-0.1, -0.05) is 11.6 Å². The largest absolute Gasteiger partial charge is 0.487 e. The molecule has 0 radical (unpaired) electrons. The number of hydrogen-bond acceptors (Lipinski definition) is 6. The quantitative estimate of drug-likeness (QED) is 0.786. The number of nitrogens with two attached hydrogens (primary N) is 1. The third kappa shape index (κ3) is 2.83. The molecule has 1 aromatic carbocycles. The smallest absolute Gasteiger partial charge is 0.283 e. The minimum atomic E-state index is -0.595. The summed E-state index contributed by atoms with van der Waals surface area (Å²) >= 11 is 5.85. The number of anilines is 1. The fraction of sp³-hybridized carbons (Fsp3) is 0.381. The van der Waals surface area contributed by atoms with Crippen molar-refractivity contribution in [1.29, 1.82) is 0 Å². The molecule has 3 aliphatic rings. The van der Waals surface area contributed by atoms with E-state index in [0.717, 1.165) is 30.6 Å². The summed E-state index contributed by atoms with van der Waals surface area (Å²) < 4.78 is 12.0. The number of benzene rings is 1. The molecule has 2 aromatic rings. The lowest BCUT2D eigenvalue weighted by Crippen LogP contribution is -2.52. The number of halogens is 1. The van der Waals surface area contributed by atoms with E-state index in [1.165, 1.54) is 6.20 Å². The average molecular weight is 413 g/mol. The minimum absolute atomic E-state index is 0.160. The third-order valence-corrected chi connectivity index (χ3v) is 6.46. The molecular formula is C21H21ClN4O3. The zero-order valence-corrected chi connectivity index (χ0v) is 16.7. The summed E-state index contributed by atoms with van der Waals surface area (Å²) in [6.45, 7) is 2.52. The van der Waals surface area contributed by atoms with Crippen molar-refractivity contribution >= 4 is 29.2 Å². The van der Waals surface area contributed by atoms with Gasteiger partial charge < -0.3 is 20.5 Å². The predicted octanol–water partition coefficient (Wildman–Crippen LogP) is 3.48. The Bertz CT molecular complexity index is 1030. The molecule has 0 bridgehead atoms. The van der Waals surface area contributed by atoms with Gasteiger partial charge in [-0.15, -0.1) is 0 Å². The van der Waals surface area contributed by atoms with E-state index in [1.807, 2.05) is 18.2 Å². The maximum atomic E-state index is 12.6. The Hall–Kier alpha value is -2.80. The number of nitrogens with one attached hydrogen (secondary N) is 1. The van der Waals surface area contributed by atoms with Crippen LogP contribution in [0.5, 0.6) is 5.75 Å².